The van der Waals surface area contributed by atoms with Crippen LogP contribution in [0.15, 0.2) is 53.1 Å². The third-order valence-corrected chi connectivity index (χ3v) is 3.59. The maximum absolute atomic E-state index is 12.9. The van der Waals surface area contributed by atoms with Crippen molar-refractivity contribution < 1.29 is 13.2 Å². The fourth-order valence-electron chi connectivity index (χ4n) is 2.27. The van der Waals surface area contributed by atoms with Crippen LogP contribution in [0.3, 0.4) is 0 Å². The van der Waals surface area contributed by atoms with Crippen LogP contribution < -0.4 is 0 Å². The predicted octanol–water partition coefficient (Wildman–Crippen LogP) is 4.87. The minimum atomic E-state index is -4.29. The second kappa shape index (κ2) is 5.18. The Morgan fingerprint density at radius 3 is 2.62 bits per heavy atom. The summed E-state index contributed by atoms with van der Waals surface area (Å²) in [6.45, 7) is 0. The molecule has 0 aliphatic heterocycles. The van der Waals surface area contributed by atoms with Crippen LogP contribution in [0, 0.1) is 0 Å². The molecule has 0 radical (unpaired) electrons. The maximum atomic E-state index is 12.9. The van der Waals surface area contributed by atoms with Crippen molar-refractivity contribution in [3.8, 4) is 11.3 Å². The zero-order valence-corrected chi connectivity index (χ0v) is 12.3. The summed E-state index contributed by atoms with van der Waals surface area (Å²) < 4.78 is 40.9. The first-order valence-corrected chi connectivity index (χ1v) is 7.02. The average Bonchev–Trinajstić information content (AvgIpc) is 2.76. The van der Waals surface area contributed by atoms with Gasteiger partial charge in [-0.2, -0.15) is 13.2 Å². The molecule has 21 heavy (non-hydrogen) atoms. The van der Waals surface area contributed by atoms with E-state index in [0.29, 0.717) is 16.9 Å². The van der Waals surface area contributed by atoms with Gasteiger partial charge in [0.1, 0.15) is 5.65 Å². The minimum absolute atomic E-state index is 0.149. The molecule has 0 saturated carbocycles. The van der Waals surface area contributed by atoms with Gasteiger partial charge in [-0.1, -0.05) is 34.1 Å². The predicted molar refractivity (Wildman–Crippen MR) is 78.1 cm³/mol. The Kier molecular flexibility index (Phi) is 3.49. The van der Waals surface area contributed by atoms with E-state index in [-0.39, 0.29) is 5.69 Å². The topological polar surface area (TPSA) is 17.3 Å². The van der Waals surface area contributed by atoms with E-state index in [1.54, 1.807) is 42.6 Å². The number of pyridine rings is 1. The highest BCUT2D eigenvalue weighted by Crippen LogP contribution is 2.31. The number of imidazole rings is 1. The highest BCUT2D eigenvalue weighted by molar-refractivity contribution is 9.10. The largest absolute Gasteiger partial charge is 0.394 e. The molecule has 0 amide bonds. The van der Waals surface area contributed by atoms with E-state index < -0.39 is 12.6 Å². The van der Waals surface area contributed by atoms with Gasteiger partial charge in [-0.25, -0.2) is 4.98 Å². The molecule has 108 valence electrons. The second-order valence-corrected chi connectivity index (χ2v) is 5.55. The number of nitrogens with zero attached hydrogens (tertiary/aromatic N) is 2. The number of fused-ring (bicyclic) bond motifs is 1. The summed E-state index contributed by atoms with van der Waals surface area (Å²) in [5.74, 6) is 0. The molecule has 0 bridgehead atoms. The summed E-state index contributed by atoms with van der Waals surface area (Å²) in [4.78, 5) is 4.35. The summed E-state index contributed by atoms with van der Waals surface area (Å²) in [7, 11) is 0. The average molecular weight is 355 g/mol. The van der Waals surface area contributed by atoms with Crippen LogP contribution in [0.4, 0.5) is 13.2 Å². The third-order valence-electron chi connectivity index (χ3n) is 3.09. The normalized spacial score (nSPS) is 12.0. The molecule has 0 saturated heterocycles. The van der Waals surface area contributed by atoms with Gasteiger partial charge in [-0.15, -0.1) is 0 Å². The third kappa shape index (κ3) is 2.95. The molecule has 0 fully saturated rings. The monoisotopic (exact) mass is 354 g/mol. The van der Waals surface area contributed by atoms with Crippen molar-refractivity contribution in [2.75, 3.05) is 0 Å². The van der Waals surface area contributed by atoms with Crippen molar-refractivity contribution in [1.82, 2.24) is 9.38 Å². The van der Waals surface area contributed by atoms with Crippen molar-refractivity contribution >= 4 is 21.6 Å². The maximum Gasteiger partial charge on any atom is 0.394 e. The fourth-order valence-corrected chi connectivity index (χ4v) is 2.67. The van der Waals surface area contributed by atoms with E-state index in [0.717, 1.165) is 4.47 Å². The number of hydrogen-bond donors (Lipinski definition) is 0. The summed E-state index contributed by atoms with van der Waals surface area (Å²) in [6.07, 6.45) is -3.70. The van der Waals surface area contributed by atoms with Gasteiger partial charge in [-0.05, 0) is 24.3 Å². The van der Waals surface area contributed by atoms with E-state index >= 15 is 0 Å². The molecule has 0 spiro atoms. The molecular formula is C15H10BrF3N2. The SMILES string of the molecule is FC(F)(F)Cc1c(-c2cccc(Br)c2)nc2ccccn12. The van der Waals surface area contributed by atoms with Gasteiger partial charge in [-0.3, -0.25) is 0 Å². The van der Waals surface area contributed by atoms with Crippen LogP contribution in [-0.2, 0) is 6.42 Å². The first-order chi connectivity index (χ1) is 9.94. The highest BCUT2D eigenvalue weighted by atomic mass is 79.9. The summed E-state index contributed by atoms with van der Waals surface area (Å²) >= 11 is 3.33. The van der Waals surface area contributed by atoms with E-state index in [1.165, 1.54) is 4.40 Å². The molecule has 6 heteroatoms. The van der Waals surface area contributed by atoms with Crippen molar-refractivity contribution in [2.45, 2.75) is 12.6 Å². The standard InChI is InChI=1S/C15H10BrF3N2/c16-11-5-3-4-10(8-11)14-12(9-15(17,18)19)21-7-2-1-6-13(21)20-14/h1-8H,9H2. The Balaban J connectivity index is 2.24. The van der Waals surface area contributed by atoms with Gasteiger partial charge in [0.15, 0.2) is 0 Å². The number of aromatic nitrogens is 2. The van der Waals surface area contributed by atoms with E-state index in [1.807, 2.05) is 6.07 Å². The molecule has 3 rings (SSSR count). The van der Waals surface area contributed by atoms with Crippen LogP contribution in [0.5, 0.6) is 0 Å². The smallest absolute Gasteiger partial charge is 0.303 e. The van der Waals surface area contributed by atoms with Crippen molar-refractivity contribution in [1.29, 1.82) is 0 Å². The summed E-state index contributed by atoms with van der Waals surface area (Å²) in [5.41, 5.74) is 1.68. The number of alkyl halides is 3. The molecule has 2 heterocycles. The molecule has 0 aliphatic rings. The number of benzene rings is 1. The number of halogens is 4. The lowest BCUT2D eigenvalue weighted by atomic mass is 10.1. The lowest BCUT2D eigenvalue weighted by Gasteiger charge is -2.08. The van der Waals surface area contributed by atoms with Gasteiger partial charge in [0.2, 0.25) is 0 Å². The van der Waals surface area contributed by atoms with Crippen LogP contribution in [0.25, 0.3) is 16.9 Å². The quantitative estimate of drug-likeness (QED) is 0.641. The molecule has 0 aliphatic carbocycles. The van der Waals surface area contributed by atoms with Gasteiger partial charge < -0.3 is 4.40 Å². The molecular weight excluding hydrogens is 345 g/mol. The van der Waals surface area contributed by atoms with Gasteiger partial charge in [0, 0.05) is 16.2 Å². The molecule has 2 nitrogen and oxygen atoms in total. The molecule has 3 aromatic rings. The Morgan fingerprint density at radius 1 is 1.10 bits per heavy atom. The molecule has 0 N–H and O–H groups in total. The zero-order chi connectivity index (χ0) is 15.0. The summed E-state index contributed by atoms with van der Waals surface area (Å²) in [5, 5.41) is 0. The van der Waals surface area contributed by atoms with Crippen molar-refractivity contribution in [3.05, 3.63) is 58.8 Å². The lowest BCUT2D eigenvalue weighted by Crippen LogP contribution is -2.14. The minimum Gasteiger partial charge on any atom is -0.303 e. The van der Waals surface area contributed by atoms with Crippen molar-refractivity contribution in [3.63, 3.8) is 0 Å². The van der Waals surface area contributed by atoms with Crippen LogP contribution >= 0.6 is 15.9 Å². The Morgan fingerprint density at radius 2 is 1.90 bits per heavy atom. The Labute approximate surface area is 127 Å². The highest BCUT2D eigenvalue weighted by Gasteiger charge is 2.31. The molecule has 2 aromatic heterocycles. The van der Waals surface area contributed by atoms with E-state index in [2.05, 4.69) is 20.9 Å². The second-order valence-electron chi connectivity index (χ2n) is 4.64. The zero-order valence-electron chi connectivity index (χ0n) is 10.7. The Hall–Kier alpha value is -1.82. The van der Waals surface area contributed by atoms with E-state index in [9.17, 15) is 13.2 Å². The van der Waals surface area contributed by atoms with Gasteiger partial charge in [0.05, 0.1) is 17.8 Å². The van der Waals surface area contributed by atoms with Gasteiger partial charge in [0.25, 0.3) is 0 Å². The summed E-state index contributed by atoms with van der Waals surface area (Å²) in [6, 6.07) is 12.3. The fraction of sp³-hybridized carbons (Fsp3) is 0.133. The first-order valence-electron chi connectivity index (χ1n) is 6.23. The van der Waals surface area contributed by atoms with Crippen molar-refractivity contribution in [2.24, 2.45) is 0 Å². The van der Waals surface area contributed by atoms with Gasteiger partial charge >= 0.3 is 6.18 Å². The molecule has 0 unspecified atom stereocenters. The van der Waals surface area contributed by atoms with Crippen LogP contribution in [-0.4, -0.2) is 15.6 Å². The Bertz CT molecular complexity index is 793. The number of rotatable bonds is 2. The van der Waals surface area contributed by atoms with Crippen LogP contribution in [0.1, 0.15) is 5.69 Å². The van der Waals surface area contributed by atoms with E-state index in [4.69, 9.17) is 0 Å². The lowest BCUT2D eigenvalue weighted by molar-refractivity contribution is -0.127. The van der Waals surface area contributed by atoms with Crippen LogP contribution in [0.2, 0.25) is 0 Å². The first kappa shape index (κ1) is 14.1. The molecule has 1 aromatic carbocycles. The molecule has 0 atom stereocenters. The number of hydrogen-bond acceptors (Lipinski definition) is 1.